The van der Waals surface area contributed by atoms with Crippen molar-refractivity contribution in [1.82, 2.24) is 19.9 Å². The second kappa shape index (κ2) is 9.39. The van der Waals surface area contributed by atoms with Crippen LogP contribution in [0.15, 0.2) is 30.6 Å². The smallest absolute Gasteiger partial charge is 0.265 e. The molecule has 0 spiro atoms. The molecule has 32 heavy (non-hydrogen) atoms. The van der Waals surface area contributed by atoms with Crippen molar-refractivity contribution in [2.24, 2.45) is 0 Å². The molecule has 1 amide bonds. The lowest BCUT2D eigenvalue weighted by Gasteiger charge is -2.34. The molecule has 1 fully saturated rings. The number of hydrogen-bond donors (Lipinski definition) is 0. The molecule has 0 radical (unpaired) electrons. The zero-order valence-electron chi connectivity index (χ0n) is 18.5. The molecular formula is C22H25N5O4S. The molecule has 3 aromatic rings. The third-order valence-electron chi connectivity index (χ3n) is 5.30. The average Bonchev–Trinajstić information content (AvgIpc) is 3.24. The second-order valence-corrected chi connectivity index (χ2v) is 8.17. The Hall–Kier alpha value is -3.40. The van der Waals surface area contributed by atoms with Crippen LogP contribution < -0.4 is 19.1 Å². The first-order chi connectivity index (χ1) is 15.5. The topological polar surface area (TPSA) is 89.9 Å². The van der Waals surface area contributed by atoms with Gasteiger partial charge < -0.3 is 24.0 Å². The predicted octanol–water partition coefficient (Wildman–Crippen LogP) is 2.90. The second-order valence-electron chi connectivity index (χ2n) is 7.18. The lowest BCUT2D eigenvalue weighted by atomic mass is 10.2. The predicted molar refractivity (Wildman–Crippen MR) is 122 cm³/mol. The molecule has 1 aliphatic rings. The average molecular weight is 456 g/mol. The van der Waals surface area contributed by atoms with Gasteiger partial charge >= 0.3 is 0 Å². The van der Waals surface area contributed by atoms with Crippen LogP contribution >= 0.6 is 11.3 Å². The Kier molecular flexibility index (Phi) is 6.40. The van der Waals surface area contributed by atoms with Gasteiger partial charge in [-0.25, -0.2) is 15.0 Å². The number of amides is 1. The van der Waals surface area contributed by atoms with E-state index in [2.05, 4.69) is 19.9 Å². The molecule has 0 unspecified atom stereocenters. The van der Waals surface area contributed by atoms with E-state index in [1.165, 1.54) is 11.3 Å². The van der Waals surface area contributed by atoms with E-state index in [9.17, 15) is 4.79 Å². The van der Waals surface area contributed by atoms with Crippen LogP contribution in [-0.2, 0) is 0 Å². The number of rotatable bonds is 6. The van der Waals surface area contributed by atoms with Crippen molar-refractivity contribution in [3.05, 3.63) is 41.2 Å². The van der Waals surface area contributed by atoms with Gasteiger partial charge in [-0.15, -0.1) is 11.3 Å². The van der Waals surface area contributed by atoms with Crippen molar-refractivity contribution in [3.63, 3.8) is 0 Å². The van der Waals surface area contributed by atoms with E-state index >= 15 is 0 Å². The maximum absolute atomic E-state index is 13.2. The molecule has 168 valence electrons. The monoisotopic (exact) mass is 455 g/mol. The van der Waals surface area contributed by atoms with Gasteiger partial charge in [0, 0.05) is 44.1 Å². The summed E-state index contributed by atoms with van der Waals surface area (Å²) in [5.41, 5.74) is 1.51. The Balaban J connectivity index is 1.53. The fourth-order valence-electron chi connectivity index (χ4n) is 3.63. The van der Waals surface area contributed by atoms with Crippen LogP contribution in [0, 0.1) is 6.92 Å². The third kappa shape index (κ3) is 4.18. The van der Waals surface area contributed by atoms with Crippen LogP contribution in [0.3, 0.4) is 0 Å². The zero-order valence-corrected chi connectivity index (χ0v) is 19.3. The molecule has 0 atom stereocenters. The van der Waals surface area contributed by atoms with Crippen molar-refractivity contribution in [3.8, 4) is 27.8 Å². The maximum Gasteiger partial charge on any atom is 0.265 e. The fraction of sp³-hybridized carbons (Fsp3) is 0.364. The largest absolute Gasteiger partial charge is 0.493 e. The fourth-order valence-corrected chi connectivity index (χ4v) is 4.65. The summed E-state index contributed by atoms with van der Waals surface area (Å²) >= 11 is 1.37. The third-order valence-corrected chi connectivity index (χ3v) is 6.50. The van der Waals surface area contributed by atoms with Crippen LogP contribution in [0.5, 0.6) is 17.2 Å². The Bertz CT molecular complexity index is 1070. The highest BCUT2D eigenvalue weighted by molar-refractivity contribution is 7.17. The van der Waals surface area contributed by atoms with Gasteiger partial charge in [-0.1, -0.05) is 0 Å². The van der Waals surface area contributed by atoms with E-state index < -0.39 is 0 Å². The van der Waals surface area contributed by atoms with Gasteiger partial charge in [0.2, 0.25) is 11.7 Å². The number of ether oxygens (including phenoxy) is 3. The first-order valence-corrected chi connectivity index (χ1v) is 11.0. The molecule has 0 bridgehead atoms. The minimum absolute atomic E-state index is 0.00711. The van der Waals surface area contributed by atoms with Crippen molar-refractivity contribution in [2.45, 2.75) is 6.92 Å². The van der Waals surface area contributed by atoms with Gasteiger partial charge in [-0.05, 0) is 25.1 Å². The first kappa shape index (κ1) is 21.8. The summed E-state index contributed by atoms with van der Waals surface area (Å²) in [6.07, 6.45) is 3.45. The van der Waals surface area contributed by atoms with Gasteiger partial charge in [0.05, 0.1) is 27.0 Å². The SMILES string of the molecule is COc1cc(-c2nc(C)c(C(=O)N3CCN(c4ncccn4)CC3)s2)cc(OC)c1OC. The maximum atomic E-state index is 13.2. The van der Waals surface area contributed by atoms with E-state index in [0.717, 1.165) is 10.6 Å². The Morgan fingerprint density at radius 1 is 0.969 bits per heavy atom. The number of carbonyl (C=O) groups is 1. The molecule has 0 saturated carbocycles. The number of aromatic nitrogens is 3. The number of piperazine rings is 1. The molecule has 3 heterocycles. The number of methoxy groups -OCH3 is 3. The Morgan fingerprint density at radius 2 is 1.59 bits per heavy atom. The van der Waals surface area contributed by atoms with E-state index in [0.29, 0.717) is 59.9 Å². The Morgan fingerprint density at radius 3 is 2.16 bits per heavy atom. The molecule has 0 N–H and O–H groups in total. The zero-order chi connectivity index (χ0) is 22.7. The van der Waals surface area contributed by atoms with Crippen LogP contribution in [0.4, 0.5) is 5.95 Å². The van der Waals surface area contributed by atoms with Gasteiger partial charge in [0.1, 0.15) is 9.88 Å². The lowest BCUT2D eigenvalue weighted by Crippen LogP contribution is -2.49. The van der Waals surface area contributed by atoms with Gasteiger partial charge in [0.25, 0.3) is 5.91 Å². The van der Waals surface area contributed by atoms with E-state index in [-0.39, 0.29) is 5.91 Å². The minimum atomic E-state index is -0.00711. The molecule has 1 saturated heterocycles. The highest BCUT2D eigenvalue weighted by atomic mass is 32.1. The number of anilines is 1. The van der Waals surface area contributed by atoms with Crippen molar-refractivity contribution in [1.29, 1.82) is 0 Å². The molecule has 1 aromatic carbocycles. The number of hydrogen-bond acceptors (Lipinski definition) is 9. The van der Waals surface area contributed by atoms with Gasteiger partial charge in [0.15, 0.2) is 11.5 Å². The highest BCUT2D eigenvalue weighted by Crippen LogP contribution is 2.42. The van der Waals surface area contributed by atoms with Crippen LogP contribution in [-0.4, -0.2) is 73.3 Å². The Labute approximate surface area is 190 Å². The van der Waals surface area contributed by atoms with E-state index in [4.69, 9.17) is 14.2 Å². The quantitative estimate of drug-likeness (QED) is 0.561. The summed E-state index contributed by atoms with van der Waals surface area (Å²) in [6.45, 7) is 4.45. The highest BCUT2D eigenvalue weighted by Gasteiger charge is 2.27. The van der Waals surface area contributed by atoms with Crippen molar-refractivity contribution in [2.75, 3.05) is 52.4 Å². The number of thiazole rings is 1. The molecule has 0 aliphatic carbocycles. The first-order valence-electron chi connectivity index (χ1n) is 10.1. The van der Waals surface area contributed by atoms with Crippen LogP contribution in [0.1, 0.15) is 15.4 Å². The summed E-state index contributed by atoms with van der Waals surface area (Å²) in [5.74, 6) is 2.29. The molecule has 10 heteroatoms. The molecule has 9 nitrogen and oxygen atoms in total. The van der Waals surface area contributed by atoms with E-state index in [1.54, 1.807) is 39.8 Å². The number of carbonyl (C=O) groups excluding carboxylic acids is 1. The van der Waals surface area contributed by atoms with Gasteiger partial charge in [-0.3, -0.25) is 4.79 Å². The number of aryl methyl sites for hydroxylation is 1. The van der Waals surface area contributed by atoms with E-state index in [1.807, 2.05) is 24.0 Å². The van der Waals surface area contributed by atoms with Crippen molar-refractivity contribution >= 4 is 23.2 Å². The normalized spacial score (nSPS) is 13.8. The van der Waals surface area contributed by atoms with Crippen LogP contribution in [0.2, 0.25) is 0 Å². The summed E-state index contributed by atoms with van der Waals surface area (Å²) < 4.78 is 16.3. The van der Waals surface area contributed by atoms with Crippen LogP contribution in [0.25, 0.3) is 10.6 Å². The summed E-state index contributed by atoms with van der Waals surface area (Å²) in [4.78, 5) is 31.1. The molecular weight excluding hydrogens is 430 g/mol. The summed E-state index contributed by atoms with van der Waals surface area (Å²) in [7, 11) is 4.71. The molecule has 4 rings (SSSR count). The van der Waals surface area contributed by atoms with Gasteiger partial charge in [-0.2, -0.15) is 0 Å². The summed E-state index contributed by atoms with van der Waals surface area (Å²) in [6, 6.07) is 5.47. The van der Waals surface area contributed by atoms with Crippen molar-refractivity contribution < 1.29 is 19.0 Å². The molecule has 1 aliphatic heterocycles. The lowest BCUT2D eigenvalue weighted by molar-refractivity contribution is 0.0750. The summed E-state index contributed by atoms with van der Waals surface area (Å²) in [5, 5.41) is 0.724. The minimum Gasteiger partial charge on any atom is -0.493 e. The standard InChI is InChI=1S/C22H25N5O4S/c1-14-19(21(28)26-8-10-27(11-9-26)22-23-6-5-7-24-22)32-20(25-14)15-12-16(29-2)18(31-4)17(13-15)30-3/h5-7,12-13H,8-11H2,1-4H3. The number of nitrogens with zero attached hydrogens (tertiary/aromatic N) is 5. The molecule has 2 aromatic heterocycles. The number of benzene rings is 1.